The number of aryl methyl sites for hydroxylation is 1. The van der Waals surface area contributed by atoms with Gasteiger partial charge in [-0.15, -0.1) is 0 Å². The smallest absolute Gasteiger partial charge is 0.118 e. The second kappa shape index (κ2) is 6.92. The van der Waals surface area contributed by atoms with Gasteiger partial charge >= 0.3 is 0 Å². The lowest BCUT2D eigenvalue weighted by Gasteiger charge is -2.34. The Morgan fingerprint density at radius 2 is 1.89 bits per heavy atom. The molecule has 3 nitrogen and oxygen atoms in total. The number of methoxy groups -OCH3 is 1. The Bertz CT molecular complexity index is 369. The summed E-state index contributed by atoms with van der Waals surface area (Å²) in [5, 5.41) is 0. The van der Waals surface area contributed by atoms with Gasteiger partial charge < -0.3 is 15.4 Å². The van der Waals surface area contributed by atoms with Crippen molar-refractivity contribution in [2.24, 2.45) is 5.73 Å². The molecule has 3 heteroatoms. The van der Waals surface area contributed by atoms with E-state index >= 15 is 0 Å². The van der Waals surface area contributed by atoms with Crippen LogP contribution < -0.4 is 10.5 Å². The number of nitrogens with two attached hydrogens (primary N) is 1. The summed E-state index contributed by atoms with van der Waals surface area (Å²) in [6, 6.07) is 9.48. The van der Waals surface area contributed by atoms with Crippen molar-refractivity contribution in [3.05, 3.63) is 29.8 Å². The van der Waals surface area contributed by atoms with E-state index in [1.165, 1.54) is 12.0 Å². The van der Waals surface area contributed by atoms with E-state index in [0.29, 0.717) is 12.1 Å². The van der Waals surface area contributed by atoms with Gasteiger partial charge in [0.2, 0.25) is 0 Å². The van der Waals surface area contributed by atoms with Gasteiger partial charge in [0.05, 0.1) is 7.11 Å². The first kappa shape index (κ1) is 14.4. The molecule has 1 aromatic rings. The van der Waals surface area contributed by atoms with Gasteiger partial charge in [0, 0.05) is 12.1 Å². The fourth-order valence-electron chi connectivity index (χ4n) is 2.71. The normalized spacial score (nSPS) is 19.3. The number of hydrogen-bond donors (Lipinski definition) is 1. The summed E-state index contributed by atoms with van der Waals surface area (Å²) >= 11 is 0. The number of ether oxygens (including phenoxy) is 1. The van der Waals surface area contributed by atoms with Crippen LogP contribution in [0, 0.1) is 0 Å². The van der Waals surface area contributed by atoms with Crippen LogP contribution in [0.15, 0.2) is 24.3 Å². The third kappa shape index (κ3) is 4.22. The third-order valence-electron chi connectivity index (χ3n) is 4.21. The average molecular weight is 262 g/mol. The lowest BCUT2D eigenvalue weighted by molar-refractivity contribution is 0.156. The minimum absolute atomic E-state index is 0.421. The van der Waals surface area contributed by atoms with Crippen LogP contribution >= 0.6 is 0 Å². The predicted octanol–water partition coefficient (Wildman–Crippen LogP) is 2.44. The van der Waals surface area contributed by atoms with Gasteiger partial charge in [-0.2, -0.15) is 0 Å². The summed E-state index contributed by atoms with van der Waals surface area (Å²) in [5.41, 5.74) is 7.34. The number of piperidine rings is 1. The van der Waals surface area contributed by atoms with E-state index in [1.54, 1.807) is 7.11 Å². The summed E-state index contributed by atoms with van der Waals surface area (Å²) in [6.45, 7) is 4.65. The molecule has 1 unspecified atom stereocenters. The van der Waals surface area contributed by atoms with Crippen molar-refractivity contribution in [2.75, 3.05) is 20.2 Å². The maximum Gasteiger partial charge on any atom is 0.118 e. The third-order valence-corrected chi connectivity index (χ3v) is 4.21. The molecular weight excluding hydrogens is 236 g/mol. The molecule has 0 saturated carbocycles. The fraction of sp³-hybridized carbons (Fsp3) is 0.625. The summed E-state index contributed by atoms with van der Waals surface area (Å²) in [6.07, 6.45) is 4.63. The van der Waals surface area contributed by atoms with Crippen molar-refractivity contribution in [2.45, 2.75) is 44.7 Å². The zero-order valence-electron chi connectivity index (χ0n) is 12.1. The number of nitrogens with zero attached hydrogens (tertiary/aromatic N) is 1. The first-order valence-corrected chi connectivity index (χ1v) is 7.31. The summed E-state index contributed by atoms with van der Waals surface area (Å²) < 4.78 is 5.18. The van der Waals surface area contributed by atoms with Crippen molar-refractivity contribution in [1.29, 1.82) is 0 Å². The van der Waals surface area contributed by atoms with E-state index in [1.807, 2.05) is 12.1 Å². The van der Waals surface area contributed by atoms with Crippen molar-refractivity contribution in [3.63, 3.8) is 0 Å². The highest BCUT2D eigenvalue weighted by atomic mass is 16.5. The van der Waals surface area contributed by atoms with E-state index in [9.17, 15) is 0 Å². The Labute approximate surface area is 116 Å². The molecule has 19 heavy (non-hydrogen) atoms. The predicted molar refractivity (Wildman–Crippen MR) is 79.6 cm³/mol. The van der Waals surface area contributed by atoms with Crippen LogP contribution in [0.5, 0.6) is 5.75 Å². The minimum atomic E-state index is 0.421. The Morgan fingerprint density at radius 1 is 1.26 bits per heavy atom. The van der Waals surface area contributed by atoms with Crippen LogP contribution in [-0.2, 0) is 6.42 Å². The largest absolute Gasteiger partial charge is 0.497 e. The summed E-state index contributed by atoms with van der Waals surface area (Å²) in [5.74, 6) is 0.932. The van der Waals surface area contributed by atoms with Crippen LogP contribution in [-0.4, -0.2) is 37.2 Å². The molecule has 0 aromatic heterocycles. The molecule has 1 aliphatic rings. The molecule has 0 bridgehead atoms. The highest BCUT2D eigenvalue weighted by molar-refractivity contribution is 5.27. The van der Waals surface area contributed by atoms with Gasteiger partial charge in [-0.25, -0.2) is 0 Å². The van der Waals surface area contributed by atoms with E-state index in [-0.39, 0.29) is 0 Å². The second-order valence-electron chi connectivity index (χ2n) is 5.61. The Kier molecular flexibility index (Phi) is 5.23. The zero-order chi connectivity index (χ0) is 13.7. The summed E-state index contributed by atoms with van der Waals surface area (Å²) in [4.78, 5) is 2.58. The van der Waals surface area contributed by atoms with Crippen LogP contribution in [0.1, 0.15) is 31.7 Å². The molecule has 2 rings (SSSR count). The molecule has 0 aliphatic carbocycles. The maximum absolute atomic E-state index is 5.95. The highest BCUT2D eigenvalue weighted by Crippen LogP contribution is 2.17. The molecule has 0 radical (unpaired) electrons. The molecule has 1 aromatic carbocycles. The SMILES string of the molecule is COc1ccc(CCC(C)N2CCC(N)CC2)cc1. The Balaban J connectivity index is 1.77. The van der Waals surface area contributed by atoms with E-state index < -0.39 is 0 Å². The average Bonchev–Trinajstić information content (AvgIpc) is 2.46. The molecule has 1 aliphatic heterocycles. The second-order valence-corrected chi connectivity index (χ2v) is 5.61. The first-order chi connectivity index (χ1) is 9.19. The lowest BCUT2D eigenvalue weighted by Crippen LogP contribution is -2.44. The van der Waals surface area contributed by atoms with Gasteiger partial charge in [0.1, 0.15) is 5.75 Å². The standard InChI is InChI=1S/C16H26N2O/c1-13(18-11-9-15(17)10-12-18)3-4-14-5-7-16(19-2)8-6-14/h5-8,13,15H,3-4,9-12,17H2,1-2H3. The molecule has 1 saturated heterocycles. The van der Waals surface area contributed by atoms with Gasteiger partial charge in [-0.3, -0.25) is 0 Å². The van der Waals surface area contributed by atoms with Crippen LogP contribution in [0.25, 0.3) is 0 Å². The number of hydrogen-bond acceptors (Lipinski definition) is 3. The topological polar surface area (TPSA) is 38.5 Å². The van der Waals surface area contributed by atoms with Gasteiger partial charge in [0.15, 0.2) is 0 Å². The summed E-state index contributed by atoms with van der Waals surface area (Å²) in [7, 11) is 1.71. The van der Waals surface area contributed by atoms with Gasteiger partial charge in [0.25, 0.3) is 0 Å². The fourth-order valence-corrected chi connectivity index (χ4v) is 2.71. The van der Waals surface area contributed by atoms with Crippen molar-refractivity contribution in [3.8, 4) is 5.75 Å². The van der Waals surface area contributed by atoms with Gasteiger partial charge in [-0.05, 0) is 63.4 Å². The number of likely N-dealkylation sites (tertiary alicyclic amines) is 1. The zero-order valence-corrected chi connectivity index (χ0v) is 12.1. The van der Waals surface area contributed by atoms with Crippen molar-refractivity contribution in [1.82, 2.24) is 4.90 Å². The Morgan fingerprint density at radius 3 is 2.47 bits per heavy atom. The van der Waals surface area contributed by atoms with Crippen LogP contribution in [0.4, 0.5) is 0 Å². The van der Waals surface area contributed by atoms with Crippen molar-refractivity contribution >= 4 is 0 Å². The highest BCUT2D eigenvalue weighted by Gasteiger charge is 2.20. The van der Waals surface area contributed by atoms with Gasteiger partial charge in [-0.1, -0.05) is 12.1 Å². The molecule has 0 spiro atoms. The molecule has 1 fully saturated rings. The van der Waals surface area contributed by atoms with E-state index in [4.69, 9.17) is 10.5 Å². The van der Waals surface area contributed by atoms with E-state index in [0.717, 1.165) is 38.1 Å². The number of benzene rings is 1. The molecule has 0 amide bonds. The molecule has 106 valence electrons. The minimum Gasteiger partial charge on any atom is -0.497 e. The Hall–Kier alpha value is -1.06. The lowest BCUT2D eigenvalue weighted by atomic mass is 10.0. The quantitative estimate of drug-likeness (QED) is 0.886. The molecule has 1 atom stereocenters. The van der Waals surface area contributed by atoms with Crippen molar-refractivity contribution < 1.29 is 4.74 Å². The molecular formula is C16H26N2O. The monoisotopic (exact) mass is 262 g/mol. The van der Waals surface area contributed by atoms with Crippen LogP contribution in [0.2, 0.25) is 0 Å². The molecule has 2 N–H and O–H groups in total. The van der Waals surface area contributed by atoms with Crippen LogP contribution in [0.3, 0.4) is 0 Å². The first-order valence-electron chi connectivity index (χ1n) is 7.31. The maximum atomic E-state index is 5.95. The van der Waals surface area contributed by atoms with E-state index in [2.05, 4.69) is 24.0 Å². The molecule has 1 heterocycles. The number of rotatable bonds is 5.